The van der Waals surface area contributed by atoms with Gasteiger partial charge in [-0.05, 0) is 80.5 Å². The van der Waals surface area contributed by atoms with Gasteiger partial charge in [0.25, 0.3) is 5.91 Å². The van der Waals surface area contributed by atoms with Crippen LogP contribution in [0, 0.1) is 17.2 Å². The van der Waals surface area contributed by atoms with Gasteiger partial charge in [0.1, 0.15) is 11.7 Å². The largest absolute Gasteiger partial charge is 0.340 e. The molecule has 0 bridgehead atoms. The molecule has 1 amide bonds. The Morgan fingerprint density at radius 2 is 1.92 bits per heavy atom. The first-order valence-corrected chi connectivity index (χ1v) is 14.9. The lowest BCUT2D eigenvalue weighted by Crippen LogP contribution is -2.55. The maximum Gasteiger partial charge on any atom is 0.254 e. The third kappa shape index (κ3) is 4.76. The third-order valence-electron chi connectivity index (χ3n) is 7.83. The summed E-state index contributed by atoms with van der Waals surface area (Å²) in [4.78, 5) is 27.1. The molecule has 1 fully saturated rings. The van der Waals surface area contributed by atoms with Crippen molar-refractivity contribution in [3.63, 3.8) is 0 Å². The summed E-state index contributed by atoms with van der Waals surface area (Å²) in [5.41, 5.74) is 3.90. The average molecular weight is 546 g/mol. The first-order valence-electron chi connectivity index (χ1n) is 13.2. The average Bonchev–Trinajstić information content (AvgIpc) is 3.23. The number of carbonyl (C=O) groups excluding carboxylic acids is 1. The predicted molar refractivity (Wildman–Crippen MR) is 154 cm³/mol. The van der Waals surface area contributed by atoms with Crippen LogP contribution in [0.25, 0.3) is 0 Å². The maximum atomic E-state index is 13.8. The minimum Gasteiger partial charge on any atom is -0.340 e. The number of nitrogens with zero attached hydrogens (tertiary/aromatic N) is 5. The third-order valence-corrected chi connectivity index (χ3v) is 9.09. The molecule has 4 N–H and O–H groups in total. The Hall–Kier alpha value is -3.85. The molecule has 3 aromatic rings. The summed E-state index contributed by atoms with van der Waals surface area (Å²) in [5.74, 6) is 1.79. The van der Waals surface area contributed by atoms with Crippen LogP contribution in [0.3, 0.4) is 0 Å². The first-order chi connectivity index (χ1) is 18.7. The molecular formula is C28H31N7O3S. The SMILES string of the molecule is CC1CCC(N2c3nc(Nc4ccc5c(c4)CS(O)(O)N5)ncc3N(c3cccc(C#N)c3)C(=O)[C@H]2C)CC1. The Morgan fingerprint density at radius 1 is 1.13 bits per heavy atom. The Balaban J connectivity index is 1.40. The van der Waals surface area contributed by atoms with Crippen molar-refractivity contribution >= 4 is 51.2 Å². The summed E-state index contributed by atoms with van der Waals surface area (Å²) in [6, 6.07) is 14.4. The number of amides is 1. The Morgan fingerprint density at radius 3 is 2.69 bits per heavy atom. The first kappa shape index (κ1) is 25.4. The second kappa shape index (κ2) is 9.72. The second-order valence-electron chi connectivity index (χ2n) is 10.6. The summed E-state index contributed by atoms with van der Waals surface area (Å²) in [7, 11) is -2.85. The molecule has 202 valence electrons. The van der Waals surface area contributed by atoms with Crippen molar-refractivity contribution in [3.05, 3.63) is 59.8 Å². The summed E-state index contributed by atoms with van der Waals surface area (Å²) >= 11 is 0. The van der Waals surface area contributed by atoms with Crippen molar-refractivity contribution in [2.45, 2.75) is 57.4 Å². The van der Waals surface area contributed by atoms with Gasteiger partial charge < -0.3 is 10.2 Å². The van der Waals surface area contributed by atoms with Crippen molar-refractivity contribution in [3.8, 4) is 6.07 Å². The summed E-state index contributed by atoms with van der Waals surface area (Å²) in [5, 5.41) is 12.7. The molecule has 39 heavy (non-hydrogen) atoms. The predicted octanol–water partition coefficient (Wildman–Crippen LogP) is 6.13. The van der Waals surface area contributed by atoms with Crippen molar-refractivity contribution < 1.29 is 13.9 Å². The maximum absolute atomic E-state index is 13.8. The van der Waals surface area contributed by atoms with E-state index in [0.29, 0.717) is 40.3 Å². The van der Waals surface area contributed by atoms with Crippen LogP contribution in [0.2, 0.25) is 0 Å². The smallest absolute Gasteiger partial charge is 0.254 e. The molecule has 2 aromatic carbocycles. The fourth-order valence-electron chi connectivity index (χ4n) is 5.82. The molecule has 2 aliphatic heterocycles. The van der Waals surface area contributed by atoms with Crippen LogP contribution in [-0.2, 0) is 10.5 Å². The monoisotopic (exact) mass is 545 g/mol. The van der Waals surface area contributed by atoms with E-state index in [9.17, 15) is 19.2 Å². The molecule has 0 radical (unpaired) electrons. The van der Waals surface area contributed by atoms with Gasteiger partial charge in [0.2, 0.25) is 5.95 Å². The van der Waals surface area contributed by atoms with Crippen LogP contribution in [0.1, 0.15) is 50.7 Å². The van der Waals surface area contributed by atoms with Gasteiger partial charge in [0.15, 0.2) is 5.82 Å². The minimum atomic E-state index is -2.85. The molecule has 10 nitrogen and oxygen atoms in total. The number of fused-ring (bicyclic) bond motifs is 2. The lowest BCUT2D eigenvalue weighted by molar-refractivity contribution is -0.119. The van der Waals surface area contributed by atoms with Gasteiger partial charge in [0, 0.05) is 11.7 Å². The topological polar surface area (TPSA) is 138 Å². The molecule has 1 atom stereocenters. The van der Waals surface area contributed by atoms with Gasteiger partial charge in [-0.3, -0.25) is 23.5 Å². The lowest BCUT2D eigenvalue weighted by Gasteiger charge is -2.46. The molecule has 3 heterocycles. The number of benzene rings is 2. The van der Waals surface area contributed by atoms with E-state index < -0.39 is 16.8 Å². The molecule has 0 spiro atoms. The summed E-state index contributed by atoms with van der Waals surface area (Å²) in [6.45, 7) is 4.19. The normalized spacial score (nSPS) is 24.3. The van der Waals surface area contributed by atoms with Crippen molar-refractivity contribution in [1.82, 2.24) is 9.97 Å². The number of carbonyl (C=O) groups is 1. The van der Waals surface area contributed by atoms with Crippen molar-refractivity contribution in [1.29, 1.82) is 5.26 Å². The zero-order chi connectivity index (χ0) is 27.3. The van der Waals surface area contributed by atoms with Crippen LogP contribution in [0.15, 0.2) is 48.7 Å². The molecule has 0 unspecified atom stereocenters. The zero-order valence-electron chi connectivity index (χ0n) is 21.8. The van der Waals surface area contributed by atoms with Gasteiger partial charge in [-0.2, -0.15) is 10.2 Å². The highest BCUT2D eigenvalue weighted by molar-refractivity contribution is 8.25. The van der Waals surface area contributed by atoms with E-state index >= 15 is 0 Å². The Kier molecular flexibility index (Phi) is 6.33. The van der Waals surface area contributed by atoms with E-state index in [1.54, 1.807) is 35.4 Å². The number of nitriles is 1. The molecular weight excluding hydrogens is 514 g/mol. The van der Waals surface area contributed by atoms with Crippen LogP contribution < -0.4 is 19.8 Å². The van der Waals surface area contributed by atoms with Gasteiger partial charge in [-0.15, -0.1) is 10.8 Å². The van der Waals surface area contributed by atoms with Crippen LogP contribution in [0.5, 0.6) is 0 Å². The number of hydrogen-bond donors (Lipinski definition) is 4. The second-order valence-corrected chi connectivity index (χ2v) is 12.5. The van der Waals surface area contributed by atoms with Gasteiger partial charge in [-0.25, -0.2) is 4.98 Å². The number of nitrogens with one attached hydrogen (secondary N) is 2. The number of hydrogen-bond acceptors (Lipinski definition) is 9. The lowest BCUT2D eigenvalue weighted by atomic mass is 9.85. The zero-order valence-corrected chi connectivity index (χ0v) is 22.6. The molecule has 1 aromatic heterocycles. The highest BCUT2D eigenvalue weighted by atomic mass is 32.3. The van der Waals surface area contributed by atoms with Gasteiger partial charge >= 0.3 is 0 Å². The fourth-order valence-corrected chi connectivity index (χ4v) is 7.12. The number of rotatable bonds is 4. The van der Waals surface area contributed by atoms with Crippen molar-refractivity contribution in [2.24, 2.45) is 5.92 Å². The highest BCUT2D eigenvalue weighted by Gasteiger charge is 2.42. The van der Waals surface area contributed by atoms with Crippen LogP contribution in [0.4, 0.5) is 34.5 Å². The molecule has 1 saturated carbocycles. The van der Waals surface area contributed by atoms with E-state index in [2.05, 4.69) is 32.9 Å². The van der Waals surface area contributed by atoms with E-state index in [-0.39, 0.29) is 17.7 Å². The van der Waals surface area contributed by atoms with E-state index in [4.69, 9.17) is 4.98 Å². The standard InChI is InChI=1S/C28H31N7O3S/c1-17-6-9-22(10-7-17)34-18(2)27(36)35(23-5-3-4-19(12-23)14-29)25-15-30-28(32-26(25)34)31-21-8-11-24-20(13-21)16-39(37,38)33-24/h3-5,8,11-13,15,17-18,22,33,37-38H,6-7,9-10,16H2,1-2H3,(H,30,31,32)/t17?,18-,22?/m1/s1. The number of anilines is 6. The fraction of sp³-hybridized carbons (Fsp3) is 0.357. The van der Waals surface area contributed by atoms with Gasteiger partial charge in [0.05, 0.1) is 35.0 Å². The van der Waals surface area contributed by atoms with Crippen molar-refractivity contribution in [2.75, 3.05) is 19.8 Å². The van der Waals surface area contributed by atoms with Gasteiger partial charge in [-0.1, -0.05) is 13.0 Å². The Labute approximate surface area is 229 Å². The summed E-state index contributed by atoms with van der Waals surface area (Å²) < 4.78 is 22.8. The summed E-state index contributed by atoms with van der Waals surface area (Å²) in [6.07, 6.45) is 5.84. The van der Waals surface area contributed by atoms with E-state index in [1.807, 2.05) is 25.1 Å². The number of aromatic nitrogens is 2. The minimum absolute atomic E-state index is 0.0781. The molecule has 11 heteroatoms. The molecule has 0 saturated heterocycles. The van der Waals surface area contributed by atoms with Crippen LogP contribution >= 0.6 is 10.8 Å². The highest BCUT2D eigenvalue weighted by Crippen LogP contribution is 2.51. The Bertz CT molecular complexity index is 1480. The van der Waals surface area contributed by atoms with E-state index in [1.165, 1.54) is 0 Å². The van der Waals surface area contributed by atoms with Crippen LogP contribution in [-0.4, -0.2) is 37.1 Å². The molecule has 3 aliphatic rings. The molecule has 6 rings (SSSR count). The van der Waals surface area contributed by atoms with E-state index in [0.717, 1.165) is 36.9 Å². The molecule has 1 aliphatic carbocycles. The quantitative estimate of drug-likeness (QED) is 0.305.